The molecule has 0 saturated heterocycles. The van der Waals surface area contributed by atoms with Gasteiger partial charge in [0, 0.05) is 0 Å². The van der Waals surface area contributed by atoms with Crippen LogP contribution in [0.4, 0.5) is 0 Å². The zero-order valence-electron chi connectivity index (χ0n) is 11.8. The summed E-state index contributed by atoms with van der Waals surface area (Å²) in [6, 6.07) is 17.9. The summed E-state index contributed by atoms with van der Waals surface area (Å²) < 4.78 is 1.50. The fourth-order valence-electron chi connectivity index (χ4n) is 2.81. The molecule has 0 N–H and O–H groups in total. The molecule has 1 unspecified atom stereocenters. The third-order valence-electron chi connectivity index (χ3n) is 3.83. The van der Waals surface area contributed by atoms with Crippen molar-refractivity contribution in [3.8, 4) is 11.1 Å². The van der Waals surface area contributed by atoms with Crippen LogP contribution in [0.25, 0.3) is 11.1 Å². The molecular weight excluding hydrogens is 397 g/mol. The van der Waals surface area contributed by atoms with Crippen molar-refractivity contribution in [3.63, 3.8) is 0 Å². The molecule has 0 spiro atoms. The van der Waals surface area contributed by atoms with Gasteiger partial charge in [-0.25, -0.2) is 0 Å². The van der Waals surface area contributed by atoms with E-state index in [1.54, 1.807) is 5.30 Å². The Labute approximate surface area is 156 Å². The molecule has 1 fully saturated rings. The Morgan fingerprint density at radius 2 is 1.57 bits per heavy atom. The molecule has 1 atom stereocenters. The van der Waals surface area contributed by atoms with Crippen LogP contribution in [0.15, 0.2) is 48.5 Å². The predicted octanol–water partition coefficient (Wildman–Crippen LogP) is 4.62. The van der Waals surface area contributed by atoms with E-state index in [1.807, 2.05) is 0 Å². The van der Waals surface area contributed by atoms with E-state index in [0.29, 0.717) is 0 Å². The summed E-state index contributed by atoms with van der Waals surface area (Å²) in [6.45, 7) is 0. The maximum absolute atomic E-state index is 2.44. The van der Waals surface area contributed by atoms with Crippen molar-refractivity contribution < 1.29 is 24.7 Å². The second-order valence-electron chi connectivity index (χ2n) is 5.25. The summed E-state index contributed by atoms with van der Waals surface area (Å²) in [4.78, 5) is 0. The van der Waals surface area contributed by atoms with E-state index in [1.165, 1.54) is 64.8 Å². The zero-order valence-corrected chi connectivity index (χ0v) is 16.9. The third kappa shape index (κ3) is 5.18. The fraction of sp³-hybridized carbons (Fsp3) is 0.294. The quantitative estimate of drug-likeness (QED) is 0.640. The molecule has 1 aliphatic rings. The van der Waals surface area contributed by atoms with Gasteiger partial charge in [-0.05, 0) is 0 Å². The van der Waals surface area contributed by atoms with Gasteiger partial charge in [0.05, 0.1) is 0 Å². The minimum atomic E-state index is 0. The molecule has 0 aromatic heterocycles. The van der Waals surface area contributed by atoms with Crippen LogP contribution < -0.4 is 8.58 Å². The number of rotatable bonds is 3. The molecule has 2 aromatic carbocycles. The Bertz CT molecular complexity index is 554. The standard InChI is InChI=1S/C17H18P.2ClH.Zr/c1-2-6-14(7-3-1)15-10-12-17(13-11-15)18-16-8-4-5-9-16;;;/h1-3,6-7,10,12-13,16,18H,4-5,8-9H2;2*1H;. The molecule has 2 aromatic rings. The first kappa shape index (κ1) is 19.4. The van der Waals surface area contributed by atoms with Gasteiger partial charge in [0.15, 0.2) is 0 Å². The van der Waals surface area contributed by atoms with E-state index in [-0.39, 0.29) is 24.8 Å². The van der Waals surface area contributed by atoms with Crippen molar-refractivity contribution in [1.82, 2.24) is 0 Å². The first-order valence-corrected chi connectivity index (χ1v) is 9.31. The van der Waals surface area contributed by atoms with Crippen LogP contribution in [-0.4, -0.2) is 5.66 Å². The average Bonchev–Trinajstić information content (AvgIpc) is 2.93. The second-order valence-corrected chi connectivity index (χ2v) is 8.26. The van der Waals surface area contributed by atoms with E-state index in [4.69, 9.17) is 0 Å². The Balaban J connectivity index is 0.00000110. The van der Waals surface area contributed by atoms with Crippen molar-refractivity contribution >= 4 is 42.0 Å². The van der Waals surface area contributed by atoms with Crippen molar-refractivity contribution in [2.75, 3.05) is 0 Å². The molecule has 21 heavy (non-hydrogen) atoms. The number of benzene rings is 2. The Morgan fingerprint density at radius 3 is 2.19 bits per heavy atom. The molecule has 1 aliphatic carbocycles. The fourth-order valence-corrected chi connectivity index (χ4v) is 5.68. The van der Waals surface area contributed by atoms with Gasteiger partial charge in [-0.15, -0.1) is 24.8 Å². The van der Waals surface area contributed by atoms with Crippen LogP contribution >= 0.6 is 33.4 Å². The van der Waals surface area contributed by atoms with Gasteiger partial charge < -0.3 is 0 Å². The van der Waals surface area contributed by atoms with Gasteiger partial charge in [-0.2, -0.15) is 0 Å². The second kappa shape index (κ2) is 9.47. The molecular formula is C17H20Cl2PZr. The summed E-state index contributed by atoms with van der Waals surface area (Å²) >= 11 is 1.52. The molecule has 0 heterocycles. The Kier molecular flexibility index (Phi) is 8.74. The predicted molar refractivity (Wildman–Crippen MR) is 96.2 cm³/mol. The summed E-state index contributed by atoms with van der Waals surface area (Å²) in [7, 11) is 1.02. The first-order chi connectivity index (χ1) is 9.33. The first-order valence-electron chi connectivity index (χ1n) is 7.00. The third-order valence-corrected chi connectivity index (χ3v) is 6.48. The number of hydrogen-bond donors (Lipinski definition) is 0. The average molecular weight is 417 g/mol. The van der Waals surface area contributed by atoms with Crippen molar-refractivity contribution in [2.24, 2.45) is 0 Å². The topological polar surface area (TPSA) is 0 Å². The zero-order chi connectivity index (χ0) is 13.1. The molecule has 1 saturated carbocycles. The van der Waals surface area contributed by atoms with E-state index in [0.717, 1.165) is 14.2 Å². The molecule has 0 aliphatic heterocycles. The molecule has 0 nitrogen and oxygen atoms in total. The SMILES string of the molecule is Cl.Cl.[Zr][c]1cc(PC2CCCC2)ccc1-c1ccccc1. The summed E-state index contributed by atoms with van der Waals surface area (Å²) in [5, 5.41) is 1.57. The molecule has 111 valence electrons. The molecule has 0 radical (unpaired) electrons. The van der Waals surface area contributed by atoms with Gasteiger partial charge in [0.2, 0.25) is 0 Å². The van der Waals surface area contributed by atoms with Crippen LogP contribution in [0.1, 0.15) is 25.7 Å². The summed E-state index contributed by atoms with van der Waals surface area (Å²) in [5.41, 5.74) is 3.74. The van der Waals surface area contributed by atoms with Gasteiger partial charge in [0.25, 0.3) is 0 Å². The normalized spacial score (nSPS) is 14.8. The molecule has 4 heteroatoms. The summed E-state index contributed by atoms with van der Waals surface area (Å²) in [5.74, 6) is 0. The maximum atomic E-state index is 2.44. The van der Waals surface area contributed by atoms with Gasteiger partial charge in [-0.1, -0.05) is 0 Å². The van der Waals surface area contributed by atoms with Crippen LogP contribution in [0, 0.1) is 0 Å². The van der Waals surface area contributed by atoms with E-state index in [9.17, 15) is 0 Å². The number of halogens is 2. The van der Waals surface area contributed by atoms with Gasteiger partial charge >= 0.3 is 133 Å². The molecule has 0 bridgehead atoms. The van der Waals surface area contributed by atoms with E-state index < -0.39 is 0 Å². The van der Waals surface area contributed by atoms with Crippen molar-refractivity contribution in [2.45, 2.75) is 31.3 Å². The Morgan fingerprint density at radius 1 is 0.905 bits per heavy atom. The van der Waals surface area contributed by atoms with Crippen LogP contribution in [0.5, 0.6) is 0 Å². The summed E-state index contributed by atoms with van der Waals surface area (Å²) in [6.07, 6.45) is 5.80. The van der Waals surface area contributed by atoms with Crippen molar-refractivity contribution in [1.29, 1.82) is 0 Å². The van der Waals surface area contributed by atoms with Crippen LogP contribution in [-0.2, 0) is 24.7 Å². The van der Waals surface area contributed by atoms with Crippen LogP contribution in [0.3, 0.4) is 0 Å². The van der Waals surface area contributed by atoms with Gasteiger partial charge in [0.1, 0.15) is 0 Å². The number of hydrogen-bond acceptors (Lipinski definition) is 0. The van der Waals surface area contributed by atoms with E-state index in [2.05, 4.69) is 48.5 Å². The van der Waals surface area contributed by atoms with E-state index >= 15 is 0 Å². The van der Waals surface area contributed by atoms with Gasteiger partial charge in [-0.3, -0.25) is 0 Å². The minimum absolute atomic E-state index is 0. The molecule has 0 amide bonds. The Hall–Kier alpha value is 0.333. The monoisotopic (exact) mass is 415 g/mol. The van der Waals surface area contributed by atoms with Crippen LogP contribution in [0.2, 0.25) is 0 Å². The van der Waals surface area contributed by atoms with Crippen molar-refractivity contribution in [3.05, 3.63) is 48.5 Å². The molecule has 3 rings (SSSR count).